The molecule has 0 bridgehead atoms. The minimum absolute atomic E-state index is 0.168. The van der Waals surface area contributed by atoms with Gasteiger partial charge in [0.15, 0.2) is 0 Å². The monoisotopic (exact) mass is 334 g/mol. The van der Waals surface area contributed by atoms with E-state index in [-0.39, 0.29) is 6.04 Å². The summed E-state index contributed by atoms with van der Waals surface area (Å²) in [7, 11) is 1.65. The number of aliphatic imine (C=N–C) groups is 1. The lowest BCUT2D eigenvalue weighted by atomic mass is 9.97. The number of hydrazine groups is 1. The molecule has 0 amide bonds. The summed E-state index contributed by atoms with van der Waals surface area (Å²) in [5, 5.41) is 1.87. The second-order valence-electron chi connectivity index (χ2n) is 6.51. The number of hydrogen-bond acceptors (Lipinski definition) is 5. The minimum atomic E-state index is 0.168. The molecule has 0 aliphatic carbocycles. The van der Waals surface area contributed by atoms with Crippen LogP contribution in [0.3, 0.4) is 0 Å². The zero-order chi connectivity index (χ0) is 17.6. The molecule has 0 aromatic heterocycles. The van der Waals surface area contributed by atoms with Gasteiger partial charge in [0.1, 0.15) is 11.4 Å². The van der Waals surface area contributed by atoms with Crippen molar-refractivity contribution in [3.05, 3.63) is 64.7 Å². The maximum absolute atomic E-state index is 6.19. The fourth-order valence-electron chi connectivity index (χ4n) is 3.49. The van der Waals surface area contributed by atoms with Gasteiger partial charge in [-0.25, -0.2) is 15.4 Å². The van der Waals surface area contributed by atoms with Crippen LogP contribution in [-0.4, -0.2) is 24.1 Å². The van der Waals surface area contributed by atoms with Gasteiger partial charge in [-0.1, -0.05) is 30.3 Å². The Balaban J connectivity index is 1.70. The molecule has 2 aliphatic heterocycles. The third-order valence-electron chi connectivity index (χ3n) is 5.00. The lowest BCUT2D eigenvalue weighted by molar-refractivity contribution is 0.401. The molecule has 25 heavy (non-hydrogen) atoms. The molecule has 2 aromatic carbocycles. The summed E-state index contributed by atoms with van der Waals surface area (Å²) >= 11 is 0. The molecule has 0 saturated heterocycles. The Morgan fingerprint density at radius 2 is 2.00 bits per heavy atom. The first kappa shape index (κ1) is 15.7. The molecule has 0 fully saturated rings. The lowest BCUT2D eigenvalue weighted by Gasteiger charge is -2.28. The normalized spacial score (nSPS) is 18.4. The summed E-state index contributed by atoms with van der Waals surface area (Å²) in [5.41, 5.74) is 16.5. The number of para-hydroxylation sites is 1. The Morgan fingerprint density at radius 3 is 2.80 bits per heavy atom. The number of benzene rings is 2. The quantitative estimate of drug-likeness (QED) is 0.906. The first-order chi connectivity index (χ1) is 12.1. The van der Waals surface area contributed by atoms with E-state index >= 15 is 0 Å². The first-order valence-electron chi connectivity index (χ1n) is 8.43. The van der Waals surface area contributed by atoms with Crippen molar-refractivity contribution < 1.29 is 4.74 Å². The lowest BCUT2D eigenvalue weighted by Crippen LogP contribution is -2.46. The number of rotatable bonds is 3. The molecule has 5 heteroatoms. The summed E-state index contributed by atoms with van der Waals surface area (Å²) in [4.78, 5) is 4.52. The third-order valence-corrected chi connectivity index (χ3v) is 5.00. The standard InChI is InChI=1S/C20H22N4O/c1-12-6-4-7-14(13(12)2)10-15-11-17-16-8-5-9-18(25-3)19(16)22-20(21)24(17)23-15/h4-9,11,15,23H,10H2,1-3H3,(H2,21,22). The first-order valence-corrected chi connectivity index (χ1v) is 8.43. The highest BCUT2D eigenvalue weighted by molar-refractivity contribution is 5.98. The fraction of sp³-hybridized carbons (Fsp3) is 0.250. The molecule has 4 rings (SSSR count). The van der Waals surface area contributed by atoms with Crippen LogP contribution in [0.4, 0.5) is 5.69 Å². The van der Waals surface area contributed by atoms with Crippen molar-refractivity contribution in [2.75, 3.05) is 7.11 Å². The van der Waals surface area contributed by atoms with Gasteiger partial charge in [-0.2, -0.15) is 0 Å². The van der Waals surface area contributed by atoms with Crippen LogP contribution in [0.2, 0.25) is 0 Å². The number of nitrogens with two attached hydrogens (primary N) is 1. The predicted octanol–water partition coefficient (Wildman–Crippen LogP) is 3.04. The van der Waals surface area contributed by atoms with Crippen LogP contribution in [-0.2, 0) is 6.42 Å². The molecule has 0 spiro atoms. The van der Waals surface area contributed by atoms with Gasteiger partial charge in [-0.3, -0.25) is 0 Å². The van der Waals surface area contributed by atoms with Crippen molar-refractivity contribution in [2.45, 2.75) is 26.3 Å². The number of fused-ring (bicyclic) bond motifs is 3. The van der Waals surface area contributed by atoms with Gasteiger partial charge in [0.05, 0.1) is 18.8 Å². The number of hydrogen-bond donors (Lipinski definition) is 2. The van der Waals surface area contributed by atoms with Gasteiger partial charge in [0.2, 0.25) is 5.96 Å². The Labute approximate surface area is 147 Å². The van der Waals surface area contributed by atoms with Crippen LogP contribution < -0.4 is 15.9 Å². The molecule has 5 nitrogen and oxygen atoms in total. The van der Waals surface area contributed by atoms with Crippen molar-refractivity contribution in [1.29, 1.82) is 0 Å². The molecule has 2 aromatic rings. The predicted molar refractivity (Wildman–Crippen MR) is 101 cm³/mol. The molecule has 2 aliphatic rings. The number of ether oxygens (including phenoxy) is 1. The Bertz CT molecular complexity index is 901. The molecular weight excluding hydrogens is 312 g/mol. The zero-order valence-electron chi connectivity index (χ0n) is 14.7. The molecule has 3 N–H and O–H groups in total. The van der Waals surface area contributed by atoms with E-state index in [1.807, 2.05) is 17.1 Å². The SMILES string of the molecule is COc1cccc2c1N=C(N)N1NC(Cc3cccc(C)c3C)C=C21. The topological polar surface area (TPSA) is 62.9 Å². The summed E-state index contributed by atoms with van der Waals surface area (Å²) in [6.45, 7) is 4.33. The summed E-state index contributed by atoms with van der Waals surface area (Å²) in [6, 6.07) is 12.6. The van der Waals surface area contributed by atoms with E-state index in [0.29, 0.717) is 5.96 Å². The van der Waals surface area contributed by atoms with Crippen LogP contribution in [0, 0.1) is 13.8 Å². The van der Waals surface area contributed by atoms with Crippen LogP contribution in [0.25, 0.3) is 5.70 Å². The van der Waals surface area contributed by atoms with E-state index in [9.17, 15) is 0 Å². The number of nitrogens with one attached hydrogen (secondary N) is 1. The van der Waals surface area contributed by atoms with Crippen molar-refractivity contribution >= 4 is 17.3 Å². The Morgan fingerprint density at radius 1 is 1.20 bits per heavy atom. The van der Waals surface area contributed by atoms with Gasteiger partial charge in [-0.15, -0.1) is 0 Å². The average molecular weight is 334 g/mol. The van der Waals surface area contributed by atoms with E-state index in [2.05, 4.69) is 54.6 Å². The van der Waals surface area contributed by atoms with Crippen LogP contribution >= 0.6 is 0 Å². The number of aryl methyl sites for hydroxylation is 1. The van der Waals surface area contributed by atoms with Gasteiger partial charge in [0.25, 0.3) is 0 Å². The van der Waals surface area contributed by atoms with Gasteiger partial charge in [0, 0.05) is 5.56 Å². The maximum atomic E-state index is 6.19. The van der Waals surface area contributed by atoms with E-state index in [0.717, 1.165) is 29.1 Å². The summed E-state index contributed by atoms with van der Waals surface area (Å²) in [5.74, 6) is 1.17. The highest BCUT2D eigenvalue weighted by atomic mass is 16.5. The van der Waals surface area contributed by atoms with Crippen molar-refractivity contribution in [3.63, 3.8) is 0 Å². The molecular formula is C20H22N4O. The molecule has 1 unspecified atom stereocenters. The number of methoxy groups -OCH3 is 1. The van der Waals surface area contributed by atoms with Crippen LogP contribution in [0.5, 0.6) is 5.75 Å². The zero-order valence-corrected chi connectivity index (χ0v) is 14.7. The van der Waals surface area contributed by atoms with Gasteiger partial charge in [-0.05, 0) is 49.1 Å². The van der Waals surface area contributed by atoms with Gasteiger partial charge >= 0.3 is 0 Å². The van der Waals surface area contributed by atoms with Crippen molar-refractivity contribution in [2.24, 2.45) is 10.7 Å². The highest BCUT2D eigenvalue weighted by Gasteiger charge is 2.32. The maximum Gasteiger partial charge on any atom is 0.216 e. The smallest absolute Gasteiger partial charge is 0.216 e. The Hall–Kier alpha value is -2.79. The van der Waals surface area contributed by atoms with E-state index in [4.69, 9.17) is 10.5 Å². The number of guanidine groups is 1. The second-order valence-corrected chi connectivity index (χ2v) is 6.51. The molecule has 0 saturated carbocycles. The average Bonchev–Trinajstić information content (AvgIpc) is 3.03. The van der Waals surface area contributed by atoms with E-state index in [1.165, 1.54) is 16.7 Å². The molecule has 2 heterocycles. The third kappa shape index (κ3) is 2.57. The minimum Gasteiger partial charge on any atom is -0.494 e. The van der Waals surface area contributed by atoms with Crippen LogP contribution in [0.15, 0.2) is 47.5 Å². The van der Waals surface area contributed by atoms with Crippen LogP contribution in [0.1, 0.15) is 22.3 Å². The fourth-order valence-corrected chi connectivity index (χ4v) is 3.49. The number of nitrogens with zero attached hydrogens (tertiary/aromatic N) is 2. The second kappa shape index (κ2) is 5.93. The highest BCUT2D eigenvalue weighted by Crippen LogP contribution is 2.41. The summed E-state index contributed by atoms with van der Waals surface area (Å²) in [6.07, 6.45) is 3.13. The van der Waals surface area contributed by atoms with Gasteiger partial charge < -0.3 is 10.5 Å². The Kier molecular flexibility index (Phi) is 3.73. The molecule has 0 radical (unpaired) electrons. The van der Waals surface area contributed by atoms with E-state index in [1.54, 1.807) is 7.11 Å². The van der Waals surface area contributed by atoms with Crippen molar-refractivity contribution in [3.8, 4) is 5.75 Å². The largest absolute Gasteiger partial charge is 0.494 e. The van der Waals surface area contributed by atoms with Crippen molar-refractivity contribution in [1.82, 2.24) is 10.4 Å². The molecule has 128 valence electrons. The summed E-state index contributed by atoms with van der Waals surface area (Å²) < 4.78 is 5.43. The van der Waals surface area contributed by atoms with E-state index < -0.39 is 0 Å². The molecule has 1 atom stereocenters.